The molecule has 1 N–H and O–H groups in total. The molecule has 0 atom stereocenters. The maximum absolute atomic E-state index is 11.2. The SMILES string of the molecule is COc1ccc(-c2cc(Cl)ccc2C(=O)O)cc1. The van der Waals surface area contributed by atoms with Gasteiger partial charge < -0.3 is 9.84 Å². The third-order valence-corrected chi connectivity index (χ3v) is 2.85. The Balaban J connectivity index is 2.54. The van der Waals surface area contributed by atoms with Gasteiger partial charge in [-0.1, -0.05) is 23.7 Å². The van der Waals surface area contributed by atoms with Crippen molar-refractivity contribution in [3.05, 3.63) is 53.1 Å². The summed E-state index contributed by atoms with van der Waals surface area (Å²) in [6, 6.07) is 11.9. The van der Waals surface area contributed by atoms with Gasteiger partial charge in [-0.3, -0.25) is 0 Å². The van der Waals surface area contributed by atoms with Crippen LogP contribution in [0.3, 0.4) is 0 Å². The Kier molecular flexibility index (Phi) is 3.53. The molecule has 2 aromatic rings. The molecule has 0 heterocycles. The van der Waals surface area contributed by atoms with Crippen LogP contribution in [0.25, 0.3) is 11.1 Å². The van der Waals surface area contributed by atoms with Gasteiger partial charge in [0.1, 0.15) is 5.75 Å². The van der Waals surface area contributed by atoms with Gasteiger partial charge in [0.2, 0.25) is 0 Å². The van der Waals surface area contributed by atoms with Crippen LogP contribution in [-0.4, -0.2) is 18.2 Å². The Morgan fingerprint density at radius 3 is 2.39 bits per heavy atom. The molecule has 0 aliphatic carbocycles. The normalized spacial score (nSPS) is 10.1. The average molecular weight is 263 g/mol. The number of hydrogen-bond donors (Lipinski definition) is 1. The molecule has 0 fully saturated rings. The van der Waals surface area contributed by atoms with Crippen LogP contribution in [-0.2, 0) is 0 Å². The molecule has 0 unspecified atom stereocenters. The zero-order valence-electron chi connectivity index (χ0n) is 9.68. The predicted octanol–water partition coefficient (Wildman–Crippen LogP) is 3.71. The highest BCUT2D eigenvalue weighted by Gasteiger charge is 2.12. The fourth-order valence-electron chi connectivity index (χ4n) is 1.71. The molecule has 3 nitrogen and oxygen atoms in total. The molecule has 0 saturated carbocycles. The van der Waals surface area contributed by atoms with Crippen molar-refractivity contribution >= 4 is 17.6 Å². The molecule has 2 rings (SSSR count). The summed E-state index contributed by atoms with van der Waals surface area (Å²) < 4.78 is 5.06. The summed E-state index contributed by atoms with van der Waals surface area (Å²) in [5, 5.41) is 9.66. The van der Waals surface area contributed by atoms with Crippen molar-refractivity contribution in [2.75, 3.05) is 7.11 Å². The van der Waals surface area contributed by atoms with Gasteiger partial charge >= 0.3 is 5.97 Å². The molecular formula is C14H11ClO3. The van der Waals surface area contributed by atoms with Crippen LogP contribution in [0.2, 0.25) is 5.02 Å². The quantitative estimate of drug-likeness (QED) is 0.917. The zero-order valence-corrected chi connectivity index (χ0v) is 10.4. The average Bonchev–Trinajstić information content (AvgIpc) is 2.38. The first-order chi connectivity index (χ1) is 8.61. The van der Waals surface area contributed by atoms with Gasteiger partial charge in [-0.25, -0.2) is 4.79 Å². The monoisotopic (exact) mass is 262 g/mol. The van der Waals surface area contributed by atoms with Gasteiger partial charge in [-0.15, -0.1) is 0 Å². The Morgan fingerprint density at radius 1 is 1.17 bits per heavy atom. The molecule has 2 aromatic carbocycles. The summed E-state index contributed by atoms with van der Waals surface area (Å²) in [6.45, 7) is 0. The number of halogens is 1. The summed E-state index contributed by atoms with van der Waals surface area (Å²) in [7, 11) is 1.58. The molecule has 92 valence electrons. The maximum atomic E-state index is 11.2. The van der Waals surface area contributed by atoms with Crippen LogP contribution < -0.4 is 4.74 Å². The standard InChI is InChI=1S/C14H11ClO3/c1-18-11-5-2-9(3-6-11)13-8-10(15)4-7-12(13)14(16)17/h2-8H,1H3,(H,16,17). The van der Waals surface area contributed by atoms with E-state index in [0.29, 0.717) is 10.6 Å². The number of aromatic carboxylic acids is 1. The van der Waals surface area contributed by atoms with Gasteiger partial charge in [0.25, 0.3) is 0 Å². The van der Waals surface area contributed by atoms with E-state index in [2.05, 4.69) is 0 Å². The topological polar surface area (TPSA) is 46.5 Å². The van der Waals surface area contributed by atoms with Gasteiger partial charge in [0, 0.05) is 5.02 Å². The predicted molar refractivity (Wildman–Crippen MR) is 70.4 cm³/mol. The van der Waals surface area contributed by atoms with Crippen LogP contribution in [0.1, 0.15) is 10.4 Å². The van der Waals surface area contributed by atoms with Gasteiger partial charge in [-0.2, -0.15) is 0 Å². The minimum Gasteiger partial charge on any atom is -0.497 e. The van der Waals surface area contributed by atoms with Gasteiger partial charge in [0.05, 0.1) is 12.7 Å². The minimum atomic E-state index is -0.975. The molecule has 0 aliphatic heterocycles. The van der Waals surface area contributed by atoms with Crippen LogP contribution in [0, 0.1) is 0 Å². The molecule has 4 heteroatoms. The lowest BCUT2D eigenvalue weighted by atomic mass is 10.00. The number of carboxylic acid groups (broad SMARTS) is 1. The van der Waals surface area contributed by atoms with Crippen molar-refractivity contribution in [3.63, 3.8) is 0 Å². The fraction of sp³-hybridized carbons (Fsp3) is 0.0714. The van der Waals surface area contributed by atoms with E-state index in [1.807, 2.05) is 0 Å². The largest absolute Gasteiger partial charge is 0.497 e. The number of benzene rings is 2. The fourth-order valence-corrected chi connectivity index (χ4v) is 1.88. The Bertz CT molecular complexity index is 576. The third-order valence-electron chi connectivity index (χ3n) is 2.61. The summed E-state index contributed by atoms with van der Waals surface area (Å²) in [5.41, 5.74) is 1.61. The van der Waals surface area contributed by atoms with Crippen LogP contribution >= 0.6 is 11.6 Å². The maximum Gasteiger partial charge on any atom is 0.336 e. The molecule has 0 aromatic heterocycles. The first-order valence-corrected chi connectivity index (χ1v) is 5.67. The smallest absolute Gasteiger partial charge is 0.336 e. The molecule has 18 heavy (non-hydrogen) atoms. The van der Waals surface area contributed by atoms with Gasteiger partial charge in [0.15, 0.2) is 0 Å². The lowest BCUT2D eigenvalue weighted by molar-refractivity contribution is 0.0698. The number of hydrogen-bond acceptors (Lipinski definition) is 2. The van der Waals surface area contributed by atoms with Gasteiger partial charge in [-0.05, 0) is 41.5 Å². The number of carbonyl (C=O) groups is 1. The second kappa shape index (κ2) is 5.10. The van der Waals surface area contributed by atoms with E-state index in [1.165, 1.54) is 6.07 Å². The van der Waals surface area contributed by atoms with Crippen molar-refractivity contribution in [2.45, 2.75) is 0 Å². The highest BCUT2D eigenvalue weighted by Crippen LogP contribution is 2.28. The lowest BCUT2D eigenvalue weighted by Gasteiger charge is -2.08. The summed E-state index contributed by atoms with van der Waals surface area (Å²) in [6.07, 6.45) is 0. The Morgan fingerprint density at radius 2 is 1.83 bits per heavy atom. The molecular weight excluding hydrogens is 252 g/mol. The minimum absolute atomic E-state index is 0.226. The number of methoxy groups -OCH3 is 1. The van der Waals surface area contributed by atoms with Crippen molar-refractivity contribution < 1.29 is 14.6 Å². The molecule has 0 saturated heterocycles. The van der Waals surface area contributed by atoms with Crippen LogP contribution in [0.15, 0.2) is 42.5 Å². The second-order valence-corrected chi connectivity index (χ2v) is 4.16. The van der Waals surface area contributed by atoms with E-state index in [-0.39, 0.29) is 5.56 Å². The van der Waals surface area contributed by atoms with E-state index in [0.717, 1.165) is 11.3 Å². The first-order valence-electron chi connectivity index (χ1n) is 5.29. The lowest BCUT2D eigenvalue weighted by Crippen LogP contribution is -1.99. The van der Waals surface area contributed by atoms with Crippen molar-refractivity contribution in [2.24, 2.45) is 0 Å². The Labute approximate surface area is 110 Å². The van der Waals surface area contributed by atoms with E-state index in [1.54, 1.807) is 43.5 Å². The first kappa shape index (κ1) is 12.5. The van der Waals surface area contributed by atoms with Crippen LogP contribution in [0.5, 0.6) is 5.75 Å². The molecule has 0 bridgehead atoms. The van der Waals surface area contributed by atoms with E-state index >= 15 is 0 Å². The molecule has 0 aliphatic rings. The highest BCUT2D eigenvalue weighted by molar-refractivity contribution is 6.31. The summed E-state index contributed by atoms with van der Waals surface area (Å²) >= 11 is 5.91. The van der Waals surface area contributed by atoms with Crippen LogP contribution in [0.4, 0.5) is 0 Å². The second-order valence-electron chi connectivity index (χ2n) is 3.72. The Hall–Kier alpha value is -2.00. The van der Waals surface area contributed by atoms with E-state index in [9.17, 15) is 4.79 Å². The number of ether oxygens (including phenoxy) is 1. The summed E-state index contributed by atoms with van der Waals surface area (Å²) in [5.74, 6) is -0.255. The van der Waals surface area contributed by atoms with Crippen molar-refractivity contribution in [1.82, 2.24) is 0 Å². The highest BCUT2D eigenvalue weighted by atomic mass is 35.5. The van der Waals surface area contributed by atoms with E-state index in [4.69, 9.17) is 21.4 Å². The molecule has 0 spiro atoms. The zero-order chi connectivity index (χ0) is 13.1. The summed E-state index contributed by atoms with van der Waals surface area (Å²) in [4.78, 5) is 11.2. The number of rotatable bonds is 3. The van der Waals surface area contributed by atoms with E-state index < -0.39 is 5.97 Å². The molecule has 0 radical (unpaired) electrons. The third kappa shape index (κ3) is 2.46. The molecule has 0 amide bonds. The number of carboxylic acids is 1. The van der Waals surface area contributed by atoms with Crippen molar-refractivity contribution in [3.8, 4) is 16.9 Å². The van der Waals surface area contributed by atoms with Crippen molar-refractivity contribution in [1.29, 1.82) is 0 Å².